The summed E-state index contributed by atoms with van der Waals surface area (Å²) < 4.78 is 46.3. The molecule has 2 aromatic rings. The Kier molecular flexibility index (Phi) is 8.93. The molecular formula is C26H30Cl2F3NO3. The van der Waals surface area contributed by atoms with Gasteiger partial charge in [0.05, 0.1) is 28.0 Å². The molecule has 192 valence electrons. The van der Waals surface area contributed by atoms with E-state index >= 15 is 0 Å². The quantitative estimate of drug-likeness (QED) is 0.370. The van der Waals surface area contributed by atoms with Gasteiger partial charge >= 0.3 is 12.1 Å². The molecule has 0 aliphatic rings. The monoisotopic (exact) mass is 531 g/mol. The highest BCUT2D eigenvalue weighted by Gasteiger charge is 2.45. The molecule has 2 atom stereocenters. The average molecular weight is 532 g/mol. The summed E-state index contributed by atoms with van der Waals surface area (Å²) in [6.45, 7) is 9.74. The van der Waals surface area contributed by atoms with Crippen LogP contribution in [0.25, 0.3) is 0 Å². The zero-order valence-electron chi connectivity index (χ0n) is 20.5. The molecule has 1 amide bonds. The summed E-state index contributed by atoms with van der Waals surface area (Å²) in [5.41, 5.74) is -0.553. The third-order valence-corrected chi connectivity index (χ3v) is 6.00. The van der Waals surface area contributed by atoms with Crippen LogP contribution in [-0.2, 0) is 20.7 Å². The fraction of sp³-hybridized carbons (Fsp3) is 0.462. The minimum atomic E-state index is -4.61. The second kappa shape index (κ2) is 10.8. The van der Waals surface area contributed by atoms with Gasteiger partial charge in [0.2, 0.25) is 5.91 Å². The van der Waals surface area contributed by atoms with Crippen LogP contribution in [0.5, 0.6) is 0 Å². The number of benzene rings is 2. The molecule has 0 heterocycles. The van der Waals surface area contributed by atoms with E-state index in [1.165, 1.54) is 30.3 Å². The van der Waals surface area contributed by atoms with Crippen LogP contribution < -0.4 is 5.32 Å². The molecule has 2 aromatic carbocycles. The van der Waals surface area contributed by atoms with E-state index in [-0.39, 0.29) is 22.7 Å². The number of amides is 1. The van der Waals surface area contributed by atoms with Gasteiger partial charge in [0.15, 0.2) is 0 Å². The van der Waals surface area contributed by atoms with Crippen LogP contribution >= 0.6 is 23.2 Å². The molecule has 0 aromatic heterocycles. The highest BCUT2D eigenvalue weighted by Crippen LogP contribution is 2.39. The molecule has 0 aliphatic heterocycles. The highest BCUT2D eigenvalue weighted by molar-refractivity contribution is 6.33. The number of anilines is 1. The molecule has 1 N–H and O–H groups in total. The summed E-state index contributed by atoms with van der Waals surface area (Å²) in [5, 5.41) is 3.05. The molecule has 0 saturated heterocycles. The van der Waals surface area contributed by atoms with Crippen molar-refractivity contribution in [3.05, 3.63) is 63.6 Å². The van der Waals surface area contributed by atoms with Crippen molar-refractivity contribution in [1.29, 1.82) is 0 Å². The maximum atomic E-state index is 13.6. The van der Waals surface area contributed by atoms with Crippen LogP contribution in [0.4, 0.5) is 18.9 Å². The van der Waals surface area contributed by atoms with E-state index in [2.05, 4.69) is 5.32 Å². The largest absolute Gasteiger partial charge is 0.460 e. The van der Waals surface area contributed by atoms with Crippen LogP contribution in [0.15, 0.2) is 42.5 Å². The molecule has 0 aliphatic carbocycles. The lowest BCUT2D eigenvalue weighted by atomic mass is 9.85. The summed E-state index contributed by atoms with van der Waals surface area (Å²) in [6.07, 6.45) is -4.34. The minimum absolute atomic E-state index is 0.155. The molecule has 35 heavy (non-hydrogen) atoms. The fourth-order valence-electron chi connectivity index (χ4n) is 3.51. The second-order valence-corrected chi connectivity index (χ2v) is 11.1. The van der Waals surface area contributed by atoms with Gasteiger partial charge in [0, 0.05) is 5.02 Å². The van der Waals surface area contributed by atoms with Crippen molar-refractivity contribution in [2.75, 3.05) is 5.32 Å². The zero-order valence-corrected chi connectivity index (χ0v) is 22.0. The zero-order chi connectivity index (χ0) is 26.8. The number of halogens is 5. The Morgan fingerprint density at radius 3 is 2.06 bits per heavy atom. The molecule has 0 saturated carbocycles. The lowest BCUT2D eigenvalue weighted by Gasteiger charge is -2.29. The Balaban J connectivity index is 2.33. The van der Waals surface area contributed by atoms with Crippen molar-refractivity contribution >= 4 is 40.8 Å². The SMILES string of the molecule is C[C@H]([C@H](C(=O)Nc1cc(CC(C)(C)C(=O)OC(C)(C)C)ccc1Cl)c1ccc(Cl)cc1)C(F)(F)F. The smallest absolute Gasteiger partial charge is 0.392 e. The number of ether oxygens (including phenoxy) is 1. The highest BCUT2D eigenvalue weighted by atomic mass is 35.5. The molecule has 0 spiro atoms. The standard InChI is InChI=1S/C26H30Cl2F3NO3/c1-15(26(29,30)31)21(17-8-10-18(27)11-9-17)22(33)32-20-13-16(7-12-19(20)28)14-25(5,6)23(34)35-24(2,3)4/h7-13,15,21H,14H2,1-6H3,(H,32,33)/t15-,21+/m1/s1. The average Bonchev–Trinajstić information content (AvgIpc) is 2.70. The predicted octanol–water partition coefficient (Wildman–Crippen LogP) is 7.82. The van der Waals surface area contributed by atoms with Gasteiger partial charge in [-0.25, -0.2) is 0 Å². The number of rotatable bonds is 7. The number of alkyl halides is 3. The molecule has 9 heteroatoms. The lowest BCUT2D eigenvalue weighted by Crippen LogP contribution is -2.35. The van der Waals surface area contributed by atoms with Crippen LogP contribution in [-0.4, -0.2) is 23.7 Å². The minimum Gasteiger partial charge on any atom is -0.460 e. The first-order valence-electron chi connectivity index (χ1n) is 11.1. The second-order valence-electron chi connectivity index (χ2n) is 10.2. The molecule has 4 nitrogen and oxygen atoms in total. The first kappa shape index (κ1) is 29.0. The number of hydrogen-bond acceptors (Lipinski definition) is 3. The Morgan fingerprint density at radius 2 is 1.54 bits per heavy atom. The van der Waals surface area contributed by atoms with Crippen LogP contribution in [0, 0.1) is 11.3 Å². The first-order chi connectivity index (χ1) is 15.9. The summed E-state index contributed by atoms with van der Waals surface area (Å²) in [6, 6.07) is 10.5. The summed E-state index contributed by atoms with van der Waals surface area (Å²) in [5.74, 6) is -4.74. The van der Waals surface area contributed by atoms with Gasteiger partial charge in [-0.3, -0.25) is 9.59 Å². The third-order valence-electron chi connectivity index (χ3n) is 5.41. The molecule has 0 radical (unpaired) electrons. The Morgan fingerprint density at radius 1 is 0.971 bits per heavy atom. The van der Waals surface area contributed by atoms with Crippen LogP contribution in [0.1, 0.15) is 58.6 Å². The fourth-order valence-corrected chi connectivity index (χ4v) is 3.80. The Labute approximate surface area is 214 Å². The van der Waals surface area contributed by atoms with Crippen molar-refractivity contribution in [3.8, 4) is 0 Å². The van der Waals surface area contributed by atoms with Crippen LogP contribution in [0.2, 0.25) is 10.0 Å². The summed E-state index contributed by atoms with van der Waals surface area (Å²) in [7, 11) is 0. The molecule has 2 rings (SSSR count). The first-order valence-corrected chi connectivity index (χ1v) is 11.8. The van der Waals surface area contributed by atoms with E-state index in [1.807, 2.05) is 0 Å². The van der Waals surface area contributed by atoms with Crippen LogP contribution in [0.3, 0.4) is 0 Å². The topological polar surface area (TPSA) is 55.4 Å². The number of carbonyl (C=O) groups is 2. The number of nitrogens with one attached hydrogen (secondary N) is 1. The normalized spacial score (nSPS) is 14.3. The van der Waals surface area contributed by atoms with Gasteiger partial charge in [-0.1, -0.05) is 48.3 Å². The van der Waals surface area contributed by atoms with Gasteiger partial charge in [-0.2, -0.15) is 13.2 Å². The van der Waals surface area contributed by atoms with E-state index in [1.54, 1.807) is 46.8 Å². The molecule has 0 bridgehead atoms. The maximum absolute atomic E-state index is 13.6. The van der Waals surface area contributed by atoms with Gasteiger partial charge in [0.1, 0.15) is 5.60 Å². The predicted molar refractivity (Wildman–Crippen MR) is 133 cm³/mol. The van der Waals surface area contributed by atoms with Crippen molar-refractivity contribution in [2.24, 2.45) is 11.3 Å². The van der Waals surface area contributed by atoms with Gasteiger partial charge in [0.25, 0.3) is 0 Å². The van der Waals surface area contributed by atoms with E-state index in [0.717, 1.165) is 6.92 Å². The maximum Gasteiger partial charge on any atom is 0.392 e. The number of carbonyl (C=O) groups excluding carboxylic acids is 2. The molecule has 0 unspecified atom stereocenters. The van der Waals surface area contributed by atoms with E-state index < -0.39 is 40.9 Å². The van der Waals surface area contributed by atoms with Crippen molar-refractivity contribution in [2.45, 2.75) is 65.7 Å². The number of hydrogen-bond donors (Lipinski definition) is 1. The van der Waals surface area contributed by atoms with E-state index in [0.29, 0.717) is 10.6 Å². The van der Waals surface area contributed by atoms with Gasteiger partial charge in [-0.15, -0.1) is 0 Å². The summed E-state index contributed by atoms with van der Waals surface area (Å²) in [4.78, 5) is 25.7. The third kappa shape index (κ3) is 8.14. The summed E-state index contributed by atoms with van der Waals surface area (Å²) >= 11 is 12.1. The molecular weight excluding hydrogens is 502 g/mol. The van der Waals surface area contributed by atoms with Gasteiger partial charge in [-0.05, 0) is 76.4 Å². The van der Waals surface area contributed by atoms with E-state index in [4.69, 9.17) is 27.9 Å². The Hall–Kier alpha value is -2.25. The number of esters is 1. The lowest BCUT2D eigenvalue weighted by molar-refractivity contribution is -0.178. The van der Waals surface area contributed by atoms with E-state index in [9.17, 15) is 22.8 Å². The molecule has 0 fully saturated rings. The van der Waals surface area contributed by atoms with Gasteiger partial charge < -0.3 is 10.1 Å². The van der Waals surface area contributed by atoms with Crippen molar-refractivity contribution in [1.82, 2.24) is 0 Å². The van der Waals surface area contributed by atoms with Crippen molar-refractivity contribution in [3.63, 3.8) is 0 Å². The van der Waals surface area contributed by atoms with Crippen molar-refractivity contribution < 1.29 is 27.5 Å². The Bertz CT molecular complexity index is 1060.